The van der Waals surface area contributed by atoms with Gasteiger partial charge in [0.1, 0.15) is 11.4 Å². The summed E-state index contributed by atoms with van der Waals surface area (Å²) in [6.45, 7) is 1.31. The van der Waals surface area contributed by atoms with Crippen LogP contribution in [0.15, 0.2) is 18.2 Å². The first kappa shape index (κ1) is 14.5. The van der Waals surface area contributed by atoms with Crippen LogP contribution in [0.2, 0.25) is 0 Å². The molecular formula is C14H20N4O2. The molecule has 1 heterocycles. The molecule has 0 bridgehead atoms. The zero-order chi connectivity index (χ0) is 14.5. The first-order valence-corrected chi connectivity index (χ1v) is 6.77. The van der Waals surface area contributed by atoms with Crippen LogP contribution in [-0.4, -0.2) is 54.9 Å². The van der Waals surface area contributed by atoms with E-state index in [9.17, 15) is 9.59 Å². The Labute approximate surface area is 118 Å². The van der Waals surface area contributed by atoms with Crippen molar-refractivity contribution in [2.24, 2.45) is 0 Å². The van der Waals surface area contributed by atoms with Gasteiger partial charge in [0.15, 0.2) is 0 Å². The number of nitrogens with one attached hydrogen (secondary N) is 2. The Kier molecular flexibility index (Phi) is 4.68. The van der Waals surface area contributed by atoms with Crippen LogP contribution in [0.4, 0.5) is 0 Å². The van der Waals surface area contributed by atoms with Crippen molar-refractivity contribution < 1.29 is 9.59 Å². The van der Waals surface area contributed by atoms with Crippen LogP contribution in [0.25, 0.3) is 0 Å². The maximum absolute atomic E-state index is 11.9. The van der Waals surface area contributed by atoms with Crippen molar-refractivity contribution in [1.29, 1.82) is 0 Å². The monoisotopic (exact) mass is 276 g/mol. The van der Waals surface area contributed by atoms with Crippen LogP contribution >= 0.6 is 0 Å². The minimum Gasteiger partial charge on any atom is -0.349 e. The SMILES string of the molecule is CN(C)CCNC(=O)c1cccc(C(=O)NC2CC2)n1. The van der Waals surface area contributed by atoms with Gasteiger partial charge >= 0.3 is 0 Å². The molecular weight excluding hydrogens is 256 g/mol. The average Bonchev–Trinajstić information content (AvgIpc) is 3.22. The molecule has 0 spiro atoms. The number of amides is 2. The van der Waals surface area contributed by atoms with Crippen molar-refractivity contribution in [2.75, 3.05) is 27.2 Å². The molecule has 1 saturated carbocycles. The number of rotatable bonds is 6. The van der Waals surface area contributed by atoms with Crippen LogP contribution in [0.5, 0.6) is 0 Å². The zero-order valence-electron chi connectivity index (χ0n) is 11.8. The molecule has 20 heavy (non-hydrogen) atoms. The van der Waals surface area contributed by atoms with Gasteiger partial charge in [0, 0.05) is 19.1 Å². The first-order valence-electron chi connectivity index (χ1n) is 6.77. The van der Waals surface area contributed by atoms with Gasteiger partial charge in [-0.2, -0.15) is 0 Å². The Morgan fingerprint density at radius 3 is 2.50 bits per heavy atom. The van der Waals surface area contributed by atoms with E-state index in [4.69, 9.17) is 0 Å². The van der Waals surface area contributed by atoms with Crippen LogP contribution in [0, 0.1) is 0 Å². The number of nitrogens with zero attached hydrogens (tertiary/aromatic N) is 2. The molecule has 1 fully saturated rings. The molecule has 0 radical (unpaired) electrons. The van der Waals surface area contributed by atoms with E-state index in [2.05, 4.69) is 15.6 Å². The Bertz CT molecular complexity index is 498. The molecule has 0 unspecified atom stereocenters. The average molecular weight is 276 g/mol. The number of aromatic nitrogens is 1. The fourth-order valence-corrected chi connectivity index (χ4v) is 1.66. The van der Waals surface area contributed by atoms with Crippen LogP contribution in [-0.2, 0) is 0 Å². The summed E-state index contributed by atoms with van der Waals surface area (Å²) >= 11 is 0. The van der Waals surface area contributed by atoms with Crippen LogP contribution in [0.1, 0.15) is 33.8 Å². The van der Waals surface area contributed by atoms with E-state index in [1.165, 1.54) is 0 Å². The molecule has 0 saturated heterocycles. The lowest BCUT2D eigenvalue weighted by Crippen LogP contribution is -2.32. The highest BCUT2D eigenvalue weighted by Gasteiger charge is 2.24. The molecule has 0 aliphatic heterocycles. The van der Waals surface area contributed by atoms with Crippen LogP contribution in [0.3, 0.4) is 0 Å². The summed E-state index contributed by atoms with van der Waals surface area (Å²) in [5, 5.41) is 5.63. The molecule has 6 nitrogen and oxygen atoms in total. The van der Waals surface area contributed by atoms with E-state index in [1.807, 2.05) is 19.0 Å². The molecule has 1 aliphatic carbocycles. The second-order valence-electron chi connectivity index (χ2n) is 5.21. The predicted molar refractivity (Wildman–Crippen MR) is 75.6 cm³/mol. The molecule has 0 aromatic carbocycles. The molecule has 6 heteroatoms. The third-order valence-corrected chi connectivity index (χ3v) is 2.97. The van der Waals surface area contributed by atoms with Gasteiger partial charge in [-0.25, -0.2) is 4.98 Å². The molecule has 0 atom stereocenters. The van der Waals surface area contributed by atoms with Gasteiger partial charge in [-0.15, -0.1) is 0 Å². The fraction of sp³-hybridized carbons (Fsp3) is 0.500. The second kappa shape index (κ2) is 6.47. The molecule has 2 amide bonds. The Morgan fingerprint density at radius 1 is 1.25 bits per heavy atom. The summed E-state index contributed by atoms with van der Waals surface area (Å²) in [5.41, 5.74) is 0.560. The molecule has 1 aromatic rings. The maximum Gasteiger partial charge on any atom is 0.270 e. The van der Waals surface area contributed by atoms with Crippen molar-refractivity contribution in [1.82, 2.24) is 20.5 Å². The van der Waals surface area contributed by atoms with Gasteiger partial charge in [-0.1, -0.05) is 6.07 Å². The third kappa shape index (κ3) is 4.31. The summed E-state index contributed by atoms with van der Waals surface area (Å²) in [5.74, 6) is -0.469. The van der Waals surface area contributed by atoms with E-state index in [0.29, 0.717) is 6.54 Å². The summed E-state index contributed by atoms with van der Waals surface area (Å²) in [6.07, 6.45) is 2.05. The summed E-state index contributed by atoms with van der Waals surface area (Å²) in [4.78, 5) is 29.9. The zero-order valence-corrected chi connectivity index (χ0v) is 11.8. The first-order chi connectivity index (χ1) is 9.56. The fourth-order valence-electron chi connectivity index (χ4n) is 1.66. The predicted octanol–water partition coefficient (Wildman–Crippen LogP) is 0.265. The van der Waals surface area contributed by atoms with Crippen molar-refractivity contribution in [3.05, 3.63) is 29.6 Å². The van der Waals surface area contributed by atoms with Crippen molar-refractivity contribution in [3.63, 3.8) is 0 Å². The largest absolute Gasteiger partial charge is 0.349 e. The normalized spacial score (nSPS) is 14.2. The molecule has 1 aliphatic rings. The van der Waals surface area contributed by atoms with E-state index in [0.717, 1.165) is 19.4 Å². The van der Waals surface area contributed by atoms with Gasteiger partial charge in [-0.05, 0) is 39.1 Å². The van der Waals surface area contributed by atoms with E-state index in [-0.39, 0.29) is 29.2 Å². The number of pyridine rings is 1. The molecule has 2 N–H and O–H groups in total. The standard InChI is InChI=1S/C14H20N4O2/c1-18(2)9-8-15-13(19)11-4-3-5-12(17-11)14(20)16-10-6-7-10/h3-5,10H,6-9H2,1-2H3,(H,15,19)(H,16,20). The third-order valence-electron chi connectivity index (χ3n) is 2.97. The van der Waals surface area contributed by atoms with Gasteiger partial charge < -0.3 is 15.5 Å². The topological polar surface area (TPSA) is 74.3 Å². The van der Waals surface area contributed by atoms with E-state index in [1.54, 1.807) is 18.2 Å². The molecule has 108 valence electrons. The van der Waals surface area contributed by atoms with Crippen molar-refractivity contribution >= 4 is 11.8 Å². The van der Waals surface area contributed by atoms with E-state index < -0.39 is 0 Å². The minimum absolute atomic E-state index is 0.213. The lowest BCUT2D eigenvalue weighted by atomic mass is 10.2. The van der Waals surface area contributed by atoms with Crippen molar-refractivity contribution in [2.45, 2.75) is 18.9 Å². The maximum atomic E-state index is 11.9. The quantitative estimate of drug-likeness (QED) is 0.782. The lowest BCUT2D eigenvalue weighted by Gasteiger charge is -2.10. The smallest absolute Gasteiger partial charge is 0.270 e. The van der Waals surface area contributed by atoms with Crippen molar-refractivity contribution in [3.8, 4) is 0 Å². The van der Waals surface area contributed by atoms with Gasteiger partial charge in [0.05, 0.1) is 0 Å². The second-order valence-corrected chi connectivity index (χ2v) is 5.21. The number of likely N-dealkylation sites (N-methyl/N-ethyl adjacent to an activating group) is 1. The lowest BCUT2D eigenvalue weighted by molar-refractivity contribution is 0.0942. The minimum atomic E-state index is -0.257. The number of hydrogen-bond donors (Lipinski definition) is 2. The Balaban J connectivity index is 1.93. The van der Waals surface area contributed by atoms with Gasteiger partial charge in [0.2, 0.25) is 0 Å². The van der Waals surface area contributed by atoms with Crippen LogP contribution < -0.4 is 10.6 Å². The van der Waals surface area contributed by atoms with Gasteiger partial charge in [0.25, 0.3) is 11.8 Å². The number of hydrogen-bond acceptors (Lipinski definition) is 4. The molecule has 2 rings (SSSR count). The Morgan fingerprint density at radius 2 is 1.90 bits per heavy atom. The number of carbonyl (C=O) groups excluding carboxylic acids is 2. The Hall–Kier alpha value is -1.95. The highest BCUT2D eigenvalue weighted by Crippen LogP contribution is 2.19. The highest BCUT2D eigenvalue weighted by molar-refractivity contribution is 5.96. The number of carbonyl (C=O) groups is 2. The summed E-state index contributed by atoms with van der Waals surface area (Å²) < 4.78 is 0. The highest BCUT2D eigenvalue weighted by atomic mass is 16.2. The summed E-state index contributed by atoms with van der Waals surface area (Å²) in [6, 6.07) is 5.19. The van der Waals surface area contributed by atoms with Gasteiger partial charge in [-0.3, -0.25) is 9.59 Å². The van der Waals surface area contributed by atoms with E-state index >= 15 is 0 Å². The molecule has 1 aromatic heterocycles. The summed E-state index contributed by atoms with van der Waals surface area (Å²) in [7, 11) is 3.88.